The predicted octanol–water partition coefficient (Wildman–Crippen LogP) is 7.43. The first kappa shape index (κ1) is 21.6. The Labute approximate surface area is 199 Å². The molecule has 0 aromatic heterocycles. The molecule has 5 atom stereocenters. The Morgan fingerprint density at radius 3 is 2.59 bits per heavy atom. The third kappa shape index (κ3) is 3.85. The molecular formula is C24H19Cl2FN2O2S. The smallest absolute Gasteiger partial charge is 0.282 e. The molecule has 32 heavy (non-hydrogen) atoms. The Balaban J connectivity index is 1.53. The Bertz CT molecular complexity index is 1180. The molecule has 0 amide bonds. The van der Waals surface area contributed by atoms with Gasteiger partial charge in [-0.05, 0) is 59.9 Å². The fraction of sp³-hybridized carbons (Fsp3) is 0.250. The van der Waals surface area contributed by atoms with Gasteiger partial charge in [0, 0.05) is 27.9 Å². The van der Waals surface area contributed by atoms with E-state index in [4.69, 9.17) is 23.2 Å². The van der Waals surface area contributed by atoms with Crippen molar-refractivity contribution in [1.29, 1.82) is 0 Å². The molecule has 1 heterocycles. The number of hydrogen-bond acceptors (Lipinski definition) is 4. The number of para-hydroxylation sites is 1. The van der Waals surface area contributed by atoms with E-state index in [1.807, 2.05) is 18.2 Å². The van der Waals surface area contributed by atoms with Crippen molar-refractivity contribution in [3.63, 3.8) is 0 Å². The lowest BCUT2D eigenvalue weighted by Crippen LogP contribution is -2.31. The summed E-state index contributed by atoms with van der Waals surface area (Å²) in [4.78, 5) is 11.8. The number of fused-ring (bicyclic) bond motifs is 3. The van der Waals surface area contributed by atoms with E-state index in [0.29, 0.717) is 9.92 Å². The monoisotopic (exact) mass is 488 g/mol. The average molecular weight is 489 g/mol. The molecule has 0 spiro atoms. The van der Waals surface area contributed by atoms with Gasteiger partial charge in [0.1, 0.15) is 5.82 Å². The highest BCUT2D eigenvalue weighted by Crippen LogP contribution is 2.58. The molecule has 1 saturated carbocycles. The van der Waals surface area contributed by atoms with Gasteiger partial charge in [-0.2, -0.15) is 0 Å². The van der Waals surface area contributed by atoms with Crippen molar-refractivity contribution in [2.24, 2.45) is 5.92 Å². The molecule has 0 saturated heterocycles. The molecule has 1 aliphatic heterocycles. The van der Waals surface area contributed by atoms with Crippen molar-refractivity contribution in [1.82, 2.24) is 0 Å². The first-order valence-electron chi connectivity index (χ1n) is 10.3. The highest BCUT2D eigenvalue weighted by Gasteiger charge is 2.50. The molecular weight excluding hydrogens is 470 g/mol. The number of nitrogens with one attached hydrogen (secondary N) is 1. The summed E-state index contributed by atoms with van der Waals surface area (Å²) in [5.74, 6) is -0.129. The van der Waals surface area contributed by atoms with E-state index in [0.717, 1.165) is 23.2 Å². The number of nitro benzene ring substituents is 1. The van der Waals surface area contributed by atoms with Gasteiger partial charge in [-0.1, -0.05) is 35.9 Å². The third-order valence-corrected chi connectivity index (χ3v) is 8.69. The first-order valence-corrected chi connectivity index (χ1v) is 12.0. The number of hydrogen-bond donors (Lipinski definition) is 1. The lowest BCUT2D eigenvalue weighted by Gasteiger charge is -2.38. The van der Waals surface area contributed by atoms with Crippen LogP contribution in [-0.4, -0.2) is 15.6 Å². The Morgan fingerprint density at radius 1 is 1.09 bits per heavy atom. The molecule has 3 aromatic rings. The van der Waals surface area contributed by atoms with Crippen molar-refractivity contribution in [2.75, 3.05) is 5.32 Å². The number of halogens is 3. The fourth-order valence-corrected chi connectivity index (χ4v) is 7.08. The summed E-state index contributed by atoms with van der Waals surface area (Å²) in [6.45, 7) is 0. The van der Waals surface area contributed by atoms with E-state index in [-0.39, 0.29) is 44.9 Å². The summed E-state index contributed by atoms with van der Waals surface area (Å²) in [6.07, 6.45) is 0.760. The Hall–Kier alpha value is -2.28. The summed E-state index contributed by atoms with van der Waals surface area (Å²) in [5.41, 5.74) is 3.11. The number of nitro groups is 1. The van der Waals surface area contributed by atoms with E-state index in [2.05, 4.69) is 5.32 Å². The molecule has 0 bridgehead atoms. The van der Waals surface area contributed by atoms with Crippen molar-refractivity contribution in [3.8, 4) is 0 Å². The molecule has 0 radical (unpaired) electrons. The van der Waals surface area contributed by atoms with Crippen molar-refractivity contribution in [2.45, 2.75) is 33.9 Å². The molecule has 5 rings (SSSR count). The number of benzene rings is 3. The van der Waals surface area contributed by atoms with Crippen LogP contribution in [0.5, 0.6) is 0 Å². The van der Waals surface area contributed by atoms with Gasteiger partial charge in [0.15, 0.2) is 0 Å². The number of alkyl halides is 1. The van der Waals surface area contributed by atoms with Gasteiger partial charge < -0.3 is 5.32 Å². The highest BCUT2D eigenvalue weighted by atomic mass is 35.5. The Kier molecular flexibility index (Phi) is 5.78. The molecule has 1 N–H and O–H groups in total. The van der Waals surface area contributed by atoms with Crippen molar-refractivity contribution in [3.05, 3.63) is 98.8 Å². The summed E-state index contributed by atoms with van der Waals surface area (Å²) in [6, 6.07) is 19.0. The van der Waals surface area contributed by atoms with Crippen LogP contribution in [0.2, 0.25) is 5.02 Å². The van der Waals surface area contributed by atoms with Gasteiger partial charge in [-0.15, -0.1) is 23.4 Å². The fourth-order valence-electron chi connectivity index (χ4n) is 4.96. The summed E-state index contributed by atoms with van der Waals surface area (Å²) < 4.78 is 13.6. The zero-order valence-electron chi connectivity index (χ0n) is 16.8. The minimum absolute atomic E-state index is 0.0157. The zero-order chi connectivity index (χ0) is 22.4. The Morgan fingerprint density at radius 2 is 1.84 bits per heavy atom. The van der Waals surface area contributed by atoms with E-state index >= 15 is 0 Å². The van der Waals surface area contributed by atoms with Crippen LogP contribution in [0.4, 0.5) is 15.8 Å². The van der Waals surface area contributed by atoms with Gasteiger partial charge in [0.25, 0.3) is 5.69 Å². The maximum atomic E-state index is 13.6. The number of anilines is 1. The summed E-state index contributed by atoms with van der Waals surface area (Å²) in [7, 11) is 0. The summed E-state index contributed by atoms with van der Waals surface area (Å²) in [5, 5.41) is 15.5. The molecule has 1 aliphatic carbocycles. The van der Waals surface area contributed by atoms with E-state index in [9.17, 15) is 14.5 Å². The first-order chi connectivity index (χ1) is 15.4. The largest absolute Gasteiger partial charge is 0.378 e. The number of nitrogens with zero attached hydrogens (tertiary/aromatic N) is 1. The van der Waals surface area contributed by atoms with Crippen LogP contribution in [0.1, 0.15) is 29.5 Å². The average Bonchev–Trinajstić information content (AvgIpc) is 3.10. The van der Waals surface area contributed by atoms with E-state index in [1.54, 1.807) is 30.3 Å². The second-order valence-electron chi connectivity index (χ2n) is 8.16. The molecule has 5 unspecified atom stereocenters. The van der Waals surface area contributed by atoms with Crippen LogP contribution in [0.25, 0.3) is 0 Å². The van der Waals surface area contributed by atoms with Gasteiger partial charge in [0.2, 0.25) is 0 Å². The summed E-state index contributed by atoms with van der Waals surface area (Å²) >= 11 is 14.8. The van der Waals surface area contributed by atoms with Crippen molar-refractivity contribution >= 4 is 46.3 Å². The minimum Gasteiger partial charge on any atom is -0.378 e. The van der Waals surface area contributed by atoms with Crippen LogP contribution >= 0.6 is 35.0 Å². The second-order valence-corrected chi connectivity index (χ2v) is 10.4. The van der Waals surface area contributed by atoms with Gasteiger partial charge in [-0.25, -0.2) is 4.39 Å². The normalized spacial score (nSPS) is 26.2. The van der Waals surface area contributed by atoms with Crippen LogP contribution < -0.4 is 5.32 Å². The van der Waals surface area contributed by atoms with E-state index < -0.39 is 0 Å². The van der Waals surface area contributed by atoms with Crippen LogP contribution in [0.3, 0.4) is 0 Å². The van der Waals surface area contributed by atoms with Crippen LogP contribution in [-0.2, 0) is 0 Å². The topological polar surface area (TPSA) is 55.2 Å². The third-order valence-electron chi connectivity index (χ3n) is 6.35. The molecule has 3 aromatic carbocycles. The lowest BCUT2D eigenvalue weighted by atomic mass is 9.77. The van der Waals surface area contributed by atoms with Crippen molar-refractivity contribution < 1.29 is 9.31 Å². The van der Waals surface area contributed by atoms with Gasteiger partial charge in [-0.3, -0.25) is 10.1 Å². The molecule has 2 aliphatic rings. The number of rotatable bonds is 4. The predicted molar refractivity (Wildman–Crippen MR) is 127 cm³/mol. The maximum absolute atomic E-state index is 13.6. The minimum atomic E-state index is -0.356. The molecule has 164 valence electrons. The second kappa shape index (κ2) is 8.58. The molecule has 1 fully saturated rings. The quantitative estimate of drug-likeness (QED) is 0.235. The SMILES string of the molecule is O=[N+]([O-])c1ccccc1SC1CC2C(c3ccc(F)cc3)Nc3ccc(Cl)cc3C2C1Cl. The maximum Gasteiger partial charge on any atom is 0.282 e. The van der Waals surface area contributed by atoms with Gasteiger partial charge in [0.05, 0.1) is 21.2 Å². The van der Waals surface area contributed by atoms with E-state index in [1.165, 1.54) is 30.0 Å². The van der Waals surface area contributed by atoms with Gasteiger partial charge >= 0.3 is 0 Å². The van der Waals surface area contributed by atoms with Crippen LogP contribution in [0.15, 0.2) is 71.6 Å². The molecule has 8 heteroatoms. The molecule has 4 nitrogen and oxygen atoms in total. The lowest BCUT2D eigenvalue weighted by molar-refractivity contribution is -0.387. The highest BCUT2D eigenvalue weighted by molar-refractivity contribution is 8.00. The standard InChI is InChI=1S/C24H19Cl2FN2O2S/c25-14-7-10-18-16(11-14)22-17(24(28-18)13-5-8-15(27)9-6-13)12-21(23(22)26)32-20-4-2-1-3-19(20)29(30)31/h1-11,17,21-24,28H,12H2. The number of thioether (sulfide) groups is 1. The van der Waals surface area contributed by atoms with Crippen LogP contribution in [0, 0.1) is 21.8 Å². The zero-order valence-corrected chi connectivity index (χ0v) is 19.1.